The molecule has 2 bridgehead atoms. The summed E-state index contributed by atoms with van der Waals surface area (Å²) in [5, 5.41) is 9.09. The molecule has 2 aromatic rings. The summed E-state index contributed by atoms with van der Waals surface area (Å²) in [4.78, 5) is 33.2. The van der Waals surface area contributed by atoms with E-state index in [0.29, 0.717) is 25.2 Å². The number of benzene rings is 1. The third-order valence-corrected chi connectivity index (χ3v) is 5.46. The molecule has 1 N–H and O–H groups in total. The van der Waals surface area contributed by atoms with E-state index in [9.17, 15) is 9.59 Å². The van der Waals surface area contributed by atoms with Gasteiger partial charge in [0.1, 0.15) is 0 Å². The molecular weight excluding hydrogens is 320 g/mol. The quantitative estimate of drug-likeness (QED) is 0.892. The van der Waals surface area contributed by atoms with E-state index in [2.05, 4.69) is 4.98 Å². The topological polar surface area (TPSA) is 78.7 Å². The van der Waals surface area contributed by atoms with E-state index in [1.807, 2.05) is 22.6 Å². The number of carbonyl (C=O) groups is 2. The first kappa shape index (κ1) is 16.1. The summed E-state index contributed by atoms with van der Waals surface area (Å²) < 4.78 is 1.86. The Hall–Kier alpha value is -2.41. The van der Waals surface area contributed by atoms with E-state index in [-0.39, 0.29) is 30.4 Å². The van der Waals surface area contributed by atoms with Crippen LogP contribution in [0, 0.1) is 5.92 Å². The molecule has 5 rings (SSSR count). The molecule has 132 valence electrons. The summed E-state index contributed by atoms with van der Waals surface area (Å²) in [6, 6.07) is 5.58. The third-order valence-electron chi connectivity index (χ3n) is 5.46. The summed E-state index contributed by atoms with van der Waals surface area (Å²) in [6.45, 7) is 1.61. The van der Waals surface area contributed by atoms with Crippen LogP contribution in [0.25, 0.3) is 11.0 Å². The molecule has 0 spiro atoms. The molecule has 0 radical (unpaired) electrons. The van der Waals surface area contributed by atoms with Crippen molar-refractivity contribution in [3.63, 3.8) is 0 Å². The van der Waals surface area contributed by atoms with E-state index >= 15 is 0 Å². The van der Waals surface area contributed by atoms with Gasteiger partial charge in [0.15, 0.2) is 0 Å². The molecule has 1 aromatic carbocycles. The van der Waals surface area contributed by atoms with Crippen molar-refractivity contribution in [2.75, 3.05) is 26.7 Å². The van der Waals surface area contributed by atoms with Crippen LogP contribution in [0.1, 0.15) is 23.2 Å². The molecule has 4 heterocycles. The lowest BCUT2D eigenvalue weighted by Crippen LogP contribution is -2.45. The van der Waals surface area contributed by atoms with Gasteiger partial charge in [-0.25, -0.2) is 4.98 Å². The molecular formula is C18H22N4O3. The lowest BCUT2D eigenvalue weighted by molar-refractivity contribution is -0.138. The van der Waals surface area contributed by atoms with Crippen LogP contribution in [-0.4, -0.2) is 69.1 Å². The fourth-order valence-electron chi connectivity index (χ4n) is 3.99. The van der Waals surface area contributed by atoms with E-state index in [0.717, 1.165) is 23.9 Å². The zero-order valence-electron chi connectivity index (χ0n) is 14.3. The minimum absolute atomic E-state index is 0.0430. The molecule has 3 aliphatic heterocycles. The number of likely N-dealkylation sites (N-methyl/N-ethyl adjacent to an activating group) is 1. The number of nitrogens with zero attached hydrogens (tertiary/aromatic N) is 4. The minimum atomic E-state index is -0.0832. The highest BCUT2D eigenvalue weighted by Crippen LogP contribution is 2.29. The van der Waals surface area contributed by atoms with Crippen LogP contribution < -0.4 is 0 Å². The number of piperidine rings is 1. The van der Waals surface area contributed by atoms with Crippen molar-refractivity contribution < 1.29 is 14.7 Å². The molecule has 2 amide bonds. The number of hydrogen-bond acceptors (Lipinski definition) is 4. The van der Waals surface area contributed by atoms with Gasteiger partial charge in [0.05, 0.1) is 29.9 Å². The van der Waals surface area contributed by atoms with Crippen LogP contribution >= 0.6 is 0 Å². The van der Waals surface area contributed by atoms with Gasteiger partial charge in [0, 0.05) is 38.3 Å². The van der Waals surface area contributed by atoms with Crippen LogP contribution in [0.15, 0.2) is 24.5 Å². The maximum atomic E-state index is 13.0. The molecule has 0 aliphatic carbocycles. The Morgan fingerprint density at radius 2 is 2.16 bits per heavy atom. The molecule has 3 aliphatic rings. The van der Waals surface area contributed by atoms with Crippen molar-refractivity contribution in [1.82, 2.24) is 19.4 Å². The summed E-state index contributed by atoms with van der Waals surface area (Å²) in [5.41, 5.74) is 2.24. The maximum Gasteiger partial charge on any atom is 0.254 e. The molecule has 7 heteroatoms. The Balaban J connectivity index is 1.60. The Labute approximate surface area is 145 Å². The van der Waals surface area contributed by atoms with Gasteiger partial charge in [0.2, 0.25) is 5.91 Å². The SMILES string of the molecule is CN1C(=O)[C@H]2CC[C@@H]1CN(C(=O)c1ccc3c(c1)ncn3CCO)C2. The van der Waals surface area contributed by atoms with Gasteiger partial charge < -0.3 is 19.5 Å². The Bertz CT molecular complexity index is 831. The summed E-state index contributed by atoms with van der Waals surface area (Å²) in [5.74, 6) is 0.0311. The highest BCUT2D eigenvalue weighted by Gasteiger charge is 2.40. The van der Waals surface area contributed by atoms with Crippen LogP contribution in [0.3, 0.4) is 0 Å². The van der Waals surface area contributed by atoms with Crippen molar-refractivity contribution in [3.05, 3.63) is 30.1 Å². The van der Waals surface area contributed by atoms with Crippen molar-refractivity contribution in [2.24, 2.45) is 5.92 Å². The normalized spacial score (nSPS) is 23.4. The zero-order valence-corrected chi connectivity index (χ0v) is 14.3. The molecule has 0 unspecified atom stereocenters. The van der Waals surface area contributed by atoms with Gasteiger partial charge in [-0.3, -0.25) is 9.59 Å². The Kier molecular flexibility index (Phi) is 3.95. The number of aliphatic hydroxyl groups excluding tert-OH is 1. The molecule has 3 fully saturated rings. The largest absolute Gasteiger partial charge is 0.395 e. The fraction of sp³-hybridized carbons (Fsp3) is 0.500. The molecule has 3 saturated heterocycles. The van der Waals surface area contributed by atoms with Gasteiger partial charge in [-0.15, -0.1) is 0 Å². The lowest BCUT2D eigenvalue weighted by atomic mass is 9.95. The second kappa shape index (κ2) is 6.15. The van der Waals surface area contributed by atoms with Crippen LogP contribution in [0.2, 0.25) is 0 Å². The van der Waals surface area contributed by atoms with Crippen LogP contribution in [0.5, 0.6) is 0 Å². The second-order valence-electron chi connectivity index (χ2n) is 6.95. The zero-order chi connectivity index (χ0) is 17.6. The lowest BCUT2D eigenvalue weighted by Gasteiger charge is -2.32. The average Bonchev–Trinajstić information content (AvgIpc) is 2.82. The first-order valence-corrected chi connectivity index (χ1v) is 8.70. The molecule has 0 saturated carbocycles. The van der Waals surface area contributed by atoms with E-state index < -0.39 is 0 Å². The summed E-state index contributed by atoms with van der Waals surface area (Å²) in [7, 11) is 1.84. The Morgan fingerprint density at radius 1 is 1.32 bits per heavy atom. The van der Waals surface area contributed by atoms with Crippen molar-refractivity contribution in [1.29, 1.82) is 0 Å². The average molecular weight is 342 g/mol. The van der Waals surface area contributed by atoms with Crippen molar-refractivity contribution >= 4 is 22.8 Å². The van der Waals surface area contributed by atoms with Crippen LogP contribution in [-0.2, 0) is 11.3 Å². The summed E-state index contributed by atoms with van der Waals surface area (Å²) in [6.07, 6.45) is 3.50. The number of aromatic nitrogens is 2. The highest BCUT2D eigenvalue weighted by molar-refractivity contribution is 5.98. The highest BCUT2D eigenvalue weighted by atomic mass is 16.3. The van der Waals surface area contributed by atoms with Crippen molar-refractivity contribution in [3.8, 4) is 0 Å². The number of carbonyl (C=O) groups excluding carboxylic acids is 2. The van der Waals surface area contributed by atoms with Crippen LogP contribution in [0.4, 0.5) is 0 Å². The number of amides is 2. The molecule has 7 nitrogen and oxygen atoms in total. The first-order chi connectivity index (χ1) is 12.1. The predicted octanol–water partition coefficient (Wildman–Crippen LogP) is 0.721. The van der Waals surface area contributed by atoms with E-state index in [1.54, 1.807) is 23.4 Å². The number of fused-ring (bicyclic) bond motifs is 5. The third kappa shape index (κ3) is 2.68. The molecule has 2 atom stereocenters. The number of rotatable bonds is 3. The number of imidazole rings is 1. The van der Waals surface area contributed by atoms with Crippen molar-refractivity contribution in [2.45, 2.75) is 25.4 Å². The van der Waals surface area contributed by atoms with Gasteiger partial charge in [0.25, 0.3) is 5.91 Å². The van der Waals surface area contributed by atoms with E-state index in [4.69, 9.17) is 5.11 Å². The number of hydrogen-bond donors (Lipinski definition) is 1. The standard InChI is InChI=1S/C18H22N4O3/c1-20-14-4-2-13(17(20)24)9-22(10-14)18(25)12-3-5-16-15(8-12)19-11-21(16)6-7-23/h3,5,8,11,13-14,23H,2,4,6-7,9-10H2,1H3/t13-,14+/m0/s1. The maximum absolute atomic E-state index is 13.0. The predicted molar refractivity (Wildman–Crippen MR) is 92.0 cm³/mol. The molecule has 25 heavy (non-hydrogen) atoms. The monoisotopic (exact) mass is 342 g/mol. The summed E-state index contributed by atoms with van der Waals surface area (Å²) >= 11 is 0. The fourth-order valence-corrected chi connectivity index (χ4v) is 3.99. The first-order valence-electron chi connectivity index (χ1n) is 8.70. The number of aliphatic hydroxyl groups is 1. The van der Waals surface area contributed by atoms with Gasteiger partial charge >= 0.3 is 0 Å². The minimum Gasteiger partial charge on any atom is -0.395 e. The second-order valence-corrected chi connectivity index (χ2v) is 6.95. The van der Waals surface area contributed by atoms with Gasteiger partial charge in [-0.2, -0.15) is 0 Å². The van der Waals surface area contributed by atoms with Gasteiger partial charge in [-0.05, 0) is 31.0 Å². The van der Waals surface area contributed by atoms with Gasteiger partial charge in [-0.1, -0.05) is 0 Å². The smallest absolute Gasteiger partial charge is 0.254 e. The molecule has 1 aromatic heterocycles. The Morgan fingerprint density at radius 3 is 2.96 bits per heavy atom. The van der Waals surface area contributed by atoms with E-state index in [1.165, 1.54) is 0 Å².